The molecule has 2 rings (SSSR count). The minimum absolute atomic E-state index is 0.828. The molecule has 0 bridgehead atoms. The maximum Gasteiger partial charge on any atom is 0.102 e. The average Bonchev–Trinajstić information content (AvgIpc) is 2.54. The van der Waals surface area contributed by atoms with E-state index in [-0.39, 0.29) is 0 Å². The summed E-state index contributed by atoms with van der Waals surface area (Å²) in [6.45, 7) is 0. The summed E-state index contributed by atoms with van der Waals surface area (Å²) in [7, 11) is 0. The molecule has 0 unspecified atom stereocenters. The minimum atomic E-state index is 0.828. The molecule has 70 valence electrons. The number of rotatable bonds is 1. The fraction of sp³-hybridized carbons (Fsp3) is 0.100. The van der Waals surface area contributed by atoms with E-state index in [9.17, 15) is 0 Å². The highest BCUT2D eigenvalue weighted by Gasteiger charge is 2.10. The van der Waals surface area contributed by atoms with Crippen molar-refractivity contribution in [2.45, 2.75) is 4.21 Å². The van der Waals surface area contributed by atoms with Crippen LogP contribution in [-0.4, -0.2) is 6.26 Å². The molecule has 14 heavy (non-hydrogen) atoms. The summed E-state index contributed by atoms with van der Waals surface area (Å²) in [4.78, 5) is 0. The first kappa shape index (κ1) is 10.3. The standard InChI is InChI=1S/C10H6INS2/c1-13-10-8(5-12)7-3-2-6(11)4-9(7)14-10/h2-4H,1H3. The van der Waals surface area contributed by atoms with Crippen LogP contribution in [0.5, 0.6) is 0 Å². The second-order valence-electron chi connectivity index (χ2n) is 2.72. The number of hydrogen-bond acceptors (Lipinski definition) is 3. The smallest absolute Gasteiger partial charge is 0.102 e. The number of hydrogen-bond donors (Lipinski definition) is 0. The summed E-state index contributed by atoms with van der Waals surface area (Å²) in [6.07, 6.45) is 2.01. The molecule has 0 N–H and O–H groups in total. The molecule has 0 amide bonds. The summed E-state index contributed by atoms with van der Waals surface area (Å²) < 4.78 is 3.54. The van der Waals surface area contributed by atoms with Gasteiger partial charge < -0.3 is 0 Å². The predicted molar refractivity (Wildman–Crippen MR) is 71.0 cm³/mol. The van der Waals surface area contributed by atoms with Gasteiger partial charge in [0.1, 0.15) is 6.07 Å². The monoisotopic (exact) mass is 331 g/mol. The van der Waals surface area contributed by atoms with Crippen LogP contribution in [0, 0.1) is 14.9 Å². The molecular formula is C10H6INS2. The Balaban J connectivity index is 2.81. The number of thioether (sulfide) groups is 1. The molecule has 0 saturated carbocycles. The highest BCUT2D eigenvalue weighted by molar-refractivity contribution is 14.1. The van der Waals surface area contributed by atoms with E-state index in [1.165, 1.54) is 8.27 Å². The zero-order chi connectivity index (χ0) is 10.1. The van der Waals surface area contributed by atoms with Gasteiger partial charge in [-0.05, 0) is 41.0 Å². The fourth-order valence-corrected chi connectivity index (χ4v) is 3.89. The van der Waals surface area contributed by atoms with Crippen LogP contribution < -0.4 is 0 Å². The van der Waals surface area contributed by atoms with Crippen LogP contribution in [0.15, 0.2) is 22.4 Å². The second kappa shape index (κ2) is 4.09. The lowest BCUT2D eigenvalue weighted by atomic mass is 10.2. The van der Waals surface area contributed by atoms with E-state index in [0.29, 0.717) is 0 Å². The van der Waals surface area contributed by atoms with Gasteiger partial charge >= 0.3 is 0 Å². The van der Waals surface area contributed by atoms with Crippen molar-refractivity contribution in [3.8, 4) is 6.07 Å². The molecule has 0 aliphatic rings. The molecule has 1 aromatic heterocycles. The van der Waals surface area contributed by atoms with Crippen molar-refractivity contribution in [2.75, 3.05) is 6.26 Å². The van der Waals surface area contributed by atoms with Gasteiger partial charge in [0, 0.05) is 13.7 Å². The molecule has 0 saturated heterocycles. The van der Waals surface area contributed by atoms with Crippen molar-refractivity contribution in [3.63, 3.8) is 0 Å². The second-order valence-corrected chi connectivity index (χ2v) is 6.09. The molecule has 0 spiro atoms. The molecule has 1 heterocycles. The Hall–Kier alpha value is -0.250. The number of thiophene rings is 1. The first-order valence-corrected chi connectivity index (χ1v) is 7.04. The van der Waals surface area contributed by atoms with Crippen LogP contribution in [0.4, 0.5) is 0 Å². The van der Waals surface area contributed by atoms with Crippen LogP contribution in [-0.2, 0) is 0 Å². The van der Waals surface area contributed by atoms with Gasteiger partial charge in [-0.15, -0.1) is 23.1 Å². The largest absolute Gasteiger partial charge is 0.192 e. The van der Waals surface area contributed by atoms with Gasteiger partial charge in [0.25, 0.3) is 0 Å². The number of fused-ring (bicyclic) bond motifs is 1. The van der Waals surface area contributed by atoms with E-state index >= 15 is 0 Å². The normalized spacial score (nSPS) is 10.4. The minimum Gasteiger partial charge on any atom is -0.192 e. The maximum atomic E-state index is 9.05. The van der Waals surface area contributed by atoms with Gasteiger partial charge in [-0.3, -0.25) is 0 Å². The van der Waals surface area contributed by atoms with E-state index in [1.807, 2.05) is 18.4 Å². The highest BCUT2D eigenvalue weighted by Crippen LogP contribution is 2.37. The molecule has 0 radical (unpaired) electrons. The van der Waals surface area contributed by atoms with Crippen LogP contribution >= 0.6 is 45.7 Å². The topological polar surface area (TPSA) is 23.8 Å². The van der Waals surface area contributed by atoms with E-state index < -0.39 is 0 Å². The molecule has 2 aromatic rings. The molecule has 0 atom stereocenters. The van der Waals surface area contributed by atoms with Gasteiger partial charge in [0.15, 0.2) is 0 Å². The van der Waals surface area contributed by atoms with Crippen LogP contribution in [0.1, 0.15) is 5.56 Å². The third kappa shape index (κ3) is 1.64. The van der Waals surface area contributed by atoms with E-state index in [4.69, 9.17) is 5.26 Å². The zero-order valence-corrected chi connectivity index (χ0v) is 11.2. The van der Waals surface area contributed by atoms with Crippen LogP contribution in [0.3, 0.4) is 0 Å². The van der Waals surface area contributed by atoms with E-state index in [0.717, 1.165) is 15.2 Å². The average molecular weight is 331 g/mol. The van der Waals surface area contributed by atoms with Crippen molar-refractivity contribution < 1.29 is 0 Å². The van der Waals surface area contributed by atoms with Gasteiger partial charge in [-0.2, -0.15) is 5.26 Å². The maximum absolute atomic E-state index is 9.05. The van der Waals surface area contributed by atoms with Crippen molar-refractivity contribution in [3.05, 3.63) is 27.3 Å². The summed E-state index contributed by atoms with van der Waals surface area (Å²) in [6, 6.07) is 8.48. The third-order valence-corrected chi connectivity index (χ3v) is 4.86. The van der Waals surface area contributed by atoms with E-state index in [2.05, 4.69) is 34.7 Å². The number of benzene rings is 1. The van der Waals surface area contributed by atoms with Crippen molar-refractivity contribution in [2.24, 2.45) is 0 Å². The Labute approximate surface area is 104 Å². The molecule has 4 heteroatoms. The van der Waals surface area contributed by atoms with Crippen molar-refractivity contribution in [1.82, 2.24) is 0 Å². The van der Waals surface area contributed by atoms with Gasteiger partial charge in [0.05, 0.1) is 9.77 Å². The Morgan fingerprint density at radius 2 is 2.29 bits per heavy atom. The Kier molecular flexibility index (Phi) is 3.00. The van der Waals surface area contributed by atoms with Crippen LogP contribution in [0.25, 0.3) is 10.1 Å². The summed E-state index contributed by atoms with van der Waals surface area (Å²) in [5, 5.41) is 10.1. The molecule has 0 aliphatic carbocycles. The lowest BCUT2D eigenvalue weighted by Gasteiger charge is -1.90. The number of nitriles is 1. The molecule has 0 aliphatic heterocycles. The highest BCUT2D eigenvalue weighted by atomic mass is 127. The van der Waals surface area contributed by atoms with Gasteiger partial charge in [-0.25, -0.2) is 0 Å². The molecule has 1 aromatic carbocycles. The Morgan fingerprint density at radius 1 is 1.50 bits per heavy atom. The summed E-state index contributed by atoms with van der Waals surface area (Å²) in [5.41, 5.74) is 0.828. The van der Waals surface area contributed by atoms with Crippen molar-refractivity contribution in [1.29, 1.82) is 5.26 Å². The summed E-state index contributed by atoms with van der Waals surface area (Å²) >= 11 is 5.63. The third-order valence-electron chi connectivity index (χ3n) is 1.92. The Bertz CT molecular complexity index is 525. The zero-order valence-electron chi connectivity index (χ0n) is 7.37. The number of halogens is 1. The van der Waals surface area contributed by atoms with Crippen molar-refractivity contribution >= 4 is 55.8 Å². The van der Waals surface area contributed by atoms with Gasteiger partial charge in [-0.1, -0.05) is 6.07 Å². The fourth-order valence-electron chi connectivity index (χ4n) is 1.30. The Morgan fingerprint density at radius 3 is 2.93 bits per heavy atom. The molecular weight excluding hydrogens is 325 g/mol. The molecule has 0 fully saturated rings. The lowest BCUT2D eigenvalue weighted by molar-refractivity contribution is 1.48. The SMILES string of the molecule is CSc1sc2cc(I)ccc2c1C#N. The predicted octanol–water partition coefficient (Wildman–Crippen LogP) is 4.10. The first-order chi connectivity index (χ1) is 6.76. The quantitative estimate of drug-likeness (QED) is 0.580. The first-order valence-electron chi connectivity index (χ1n) is 3.92. The number of nitrogens with zero attached hydrogens (tertiary/aromatic N) is 1. The lowest BCUT2D eigenvalue weighted by Crippen LogP contribution is -1.73. The summed E-state index contributed by atoms with van der Waals surface area (Å²) in [5.74, 6) is 0. The van der Waals surface area contributed by atoms with E-state index in [1.54, 1.807) is 23.1 Å². The van der Waals surface area contributed by atoms with Crippen LogP contribution in [0.2, 0.25) is 0 Å². The molecule has 1 nitrogen and oxygen atoms in total. The van der Waals surface area contributed by atoms with Gasteiger partial charge in [0.2, 0.25) is 0 Å².